The molecule has 5 nitrogen and oxygen atoms in total. The summed E-state index contributed by atoms with van der Waals surface area (Å²) in [4.78, 5) is 21.7. The minimum absolute atomic E-state index is 0. The Morgan fingerprint density at radius 1 is 1.10 bits per heavy atom. The van der Waals surface area contributed by atoms with Crippen LogP contribution in [0.15, 0.2) is 42.5 Å². The third-order valence-corrected chi connectivity index (χ3v) is 5.63. The number of carbonyl (C=O) groups is 1. The fraction of sp³-hybridized carbons (Fsp3) is 0.455. The summed E-state index contributed by atoms with van der Waals surface area (Å²) in [6, 6.07) is 12.0. The van der Waals surface area contributed by atoms with Crippen molar-refractivity contribution in [2.24, 2.45) is 0 Å². The van der Waals surface area contributed by atoms with Gasteiger partial charge in [-0.15, -0.1) is 12.4 Å². The Balaban J connectivity index is 0.00000240. The molecule has 0 aliphatic carbocycles. The van der Waals surface area contributed by atoms with Crippen LogP contribution in [0, 0.1) is 5.82 Å². The molecule has 7 heteroatoms. The summed E-state index contributed by atoms with van der Waals surface area (Å²) in [6.07, 6.45) is 2.55. The second-order valence-electron chi connectivity index (χ2n) is 7.76. The van der Waals surface area contributed by atoms with E-state index in [9.17, 15) is 9.18 Å². The van der Waals surface area contributed by atoms with Crippen LogP contribution >= 0.6 is 12.4 Å². The van der Waals surface area contributed by atoms with Crippen molar-refractivity contribution in [1.82, 2.24) is 14.8 Å². The molecule has 0 spiro atoms. The Bertz CT molecular complexity index is 842. The smallest absolute Gasteiger partial charge is 0.272 e. The standard InChI is InChI=1S/C22H26FN3O2.ClH/c1-25-11-8-16(15-25)20-6-3-7-21(24-20)22(27)26-12-9-18(10-13-26)28-19-5-2-4-17(23)14-19;/h2-7,14,16,18H,8-13,15H2,1H3;1H. The van der Waals surface area contributed by atoms with Gasteiger partial charge in [-0.05, 0) is 44.3 Å². The van der Waals surface area contributed by atoms with Gasteiger partial charge in [0.25, 0.3) is 5.91 Å². The minimum atomic E-state index is -0.301. The summed E-state index contributed by atoms with van der Waals surface area (Å²) in [5, 5.41) is 0. The highest BCUT2D eigenvalue weighted by atomic mass is 35.5. The summed E-state index contributed by atoms with van der Waals surface area (Å²) >= 11 is 0. The van der Waals surface area contributed by atoms with Crippen LogP contribution in [0.25, 0.3) is 0 Å². The fourth-order valence-corrected chi connectivity index (χ4v) is 4.05. The van der Waals surface area contributed by atoms with Gasteiger partial charge in [0.15, 0.2) is 0 Å². The Morgan fingerprint density at radius 2 is 1.86 bits per heavy atom. The number of likely N-dealkylation sites (N-methyl/N-ethyl adjacent to an activating group) is 1. The number of halogens is 2. The molecule has 2 aliphatic heterocycles. The van der Waals surface area contributed by atoms with Crippen LogP contribution in [-0.2, 0) is 0 Å². The lowest BCUT2D eigenvalue weighted by Crippen LogP contribution is -2.42. The van der Waals surface area contributed by atoms with Crippen LogP contribution in [0.4, 0.5) is 4.39 Å². The van der Waals surface area contributed by atoms with Crippen molar-refractivity contribution in [2.45, 2.75) is 31.3 Å². The first kappa shape index (κ1) is 21.5. The number of hydrogen-bond donors (Lipinski definition) is 0. The van der Waals surface area contributed by atoms with E-state index in [4.69, 9.17) is 4.74 Å². The van der Waals surface area contributed by atoms with Crippen molar-refractivity contribution in [1.29, 1.82) is 0 Å². The molecular formula is C22H27ClFN3O2. The Labute approximate surface area is 177 Å². The van der Waals surface area contributed by atoms with E-state index in [0.29, 0.717) is 30.5 Å². The van der Waals surface area contributed by atoms with Crippen LogP contribution in [0.5, 0.6) is 5.75 Å². The molecule has 2 aliphatic rings. The first-order valence-electron chi connectivity index (χ1n) is 9.95. The highest BCUT2D eigenvalue weighted by molar-refractivity contribution is 5.92. The lowest BCUT2D eigenvalue weighted by Gasteiger charge is -2.32. The molecule has 1 atom stereocenters. The second-order valence-corrected chi connectivity index (χ2v) is 7.76. The van der Waals surface area contributed by atoms with Crippen molar-refractivity contribution < 1.29 is 13.9 Å². The van der Waals surface area contributed by atoms with Gasteiger partial charge in [-0.2, -0.15) is 0 Å². The maximum Gasteiger partial charge on any atom is 0.272 e. The number of carbonyl (C=O) groups excluding carboxylic acids is 1. The first-order valence-corrected chi connectivity index (χ1v) is 9.95. The summed E-state index contributed by atoms with van der Waals surface area (Å²) in [5.74, 6) is 0.630. The van der Waals surface area contributed by atoms with Gasteiger partial charge in [0, 0.05) is 50.2 Å². The highest BCUT2D eigenvalue weighted by Gasteiger charge is 2.27. The molecule has 29 heavy (non-hydrogen) atoms. The molecule has 156 valence electrons. The molecule has 2 fully saturated rings. The molecule has 2 aromatic rings. The summed E-state index contributed by atoms with van der Waals surface area (Å²) in [6.45, 7) is 3.31. The number of nitrogens with zero attached hydrogens (tertiary/aromatic N) is 3. The van der Waals surface area contributed by atoms with Gasteiger partial charge in [0.05, 0.1) is 0 Å². The zero-order chi connectivity index (χ0) is 19.5. The third kappa shape index (κ3) is 5.25. The molecule has 2 saturated heterocycles. The van der Waals surface area contributed by atoms with Gasteiger partial charge in [-0.25, -0.2) is 9.37 Å². The zero-order valence-corrected chi connectivity index (χ0v) is 17.4. The van der Waals surface area contributed by atoms with Gasteiger partial charge in [0.1, 0.15) is 23.4 Å². The largest absolute Gasteiger partial charge is 0.490 e. The fourth-order valence-electron chi connectivity index (χ4n) is 4.05. The Hall–Kier alpha value is -2.18. The van der Waals surface area contributed by atoms with Crippen molar-refractivity contribution in [3.05, 3.63) is 59.7 Å². The number of rotatable bonds is 4. The molecule has 0 N–H and O–H groups in total. The Morgan fingerprint density at radius 3 is 2.55 bits per heavy atom. The van der Waals surface area contributed by atoms with E-state index < -0.39 is 0 Å². The predicted molar refractivity (Wildman–Crippen MR) is 112 cm³/mol. The average Bonchev–Trinajstić information content (AvgIpc) is 3.15. The molecule has 4 rings (SSSR count). The summed E-state index contributed by atoms with van der Waals surface area (Å²) in [5.41, 5.74) is 1.54. The molecule has 0 saturated carbocycles. The summed E-state index contributed by atoms with van der Waals surface area (Å²) < 4.78 is 19.2. The van der Waals surface area contributed by atoms with E-state index >= 15 is 0 Å². The van der Waals surface area contributed by atoms with Crippen molar-refractivity contribution in [3.8, 4) is 5.75 Å². The van der Waals surface area contributed by atoms with E-state index in [1.165, 1.54) is 12.1 Å². The number of likely N-dealkylation sites (tertiary alicyclic amines) is 2. The maximum absolute atomic E-state index is 13.3. The molecule has 0 bridgehead atoms. The van der Waals surface area contributed by atoms with Gasteiger partial charge in [0.2, 0.25) is 0 Å². The maximum atomic E-state index is 13.3. The van der Waals surface area contributed by atoms with Crippen LogP contribution in [-0.4, -0.2) is 60.0 Å². The quantitative estimate of drug-likeness (QED) is 0.757. The van der Waals surface area contributed by atoms with Crippen LogP contribution in [0.2, 0.25) is 0 Å². The third-order valence-electron chi connectivity index (χ3n) is 5.63. The summed E-state index contributed by atoms with van der Waals surface area (Å²) in [7, 11) is 2.12. The van der Waals surface area contributed by atoms with E-state index in [0.717, 1.165) is 38.0 Å². The topological polar surface area (TPSA) is 45.7 Å². The van der Waals surface area contributed by atoms with Gasteiger partial charge in [-0.1, -0.05) is 12.1 Å². The highest BCUT2D eigenvalue weighted by Crippen LogP contribution is 2.25. The molecular weight excluding hydrogens is 393 g/mol. The second kappa shape index (κ2) is 9.55. The molecule has 0 radical (unpaired) electrons. The number of pyridine rings is 1. The lowest BCUT2D eigenvalue weighted by molar-refractivity contribution is 0.0589. The lowest BCUT2D eigenvalue weighted by atomic mass is 10.0. The van der Waals surface area contributed by atoms with E-state index in [1.54, 1.807) is 18.2 Å². The van der Waals surface area contributed by atoms with E-state index in [-0.39, 0.29) is 30.2 Å². The first-order chi connectivity index (χ1) is 13.6. The molecule has 1 aromatic heterocycles. The number of hydrogen-bond acceptors (Lipinski definition) is 4. The Kier molecular flexibility index (Phi) is 7.09. The number of aromatic nitrogens is 1. The number of piperidine rings is 1. The van der Waals surface area contributed by atoms with Gasteiger partial charge >= 0.3 is 0 Å². The average molecular weight is 420 g/mol. The number of benzene rings is 1. The monoisotopic (exact) mass is 419 g/mol. The molecule has 3 heterocycles. The molecule has 1 amide bonds. The van der Waals surface area contributed by atoms with E-state index in [1.807, 2.05) is 17.0 Å². The van der Waals surface area contributed by atoms with Crippen LogP contribution in [0.1, 0.15) is 41.4 Å². The van der Waals surface area contributed by atoms with Crippen LogP contribution < -0.4 is 4.74 Å². The minimum Gasteiger partial charge on any atom is -0.490 e. The van der Waals surface area contributed by atoms with Crippen LogP contribution in [0.3, 0.4) is 0 Å². The zero-order valence-electron chi connectivity index (χ0n) is 16.6. The van der Waals surface area contributed by atoms with Gasteiger partial charge in [-0.3, -0.25) is 4.79 Å². The number of ether oxygens (including phenoxy) is 1. The predicted octanol–water partition coefficient (Wildman–Crippen LogP) is 3.75. The number of amides is 1. The van der Waals surface area contributed by atoms with E-state index in [2.05, 4.69) is 16.9 Å². The normalized spacial score (nSPS) is 20.3. The molecule has 1 unspecified atom stereocenters. The SMILES string of the molecule is CN1CCC(c2cccc(C(=O)N3CCC(Oc4cccc(F)c4)CC3)n2)C1.Cl. The molecule has 1 aromatic carbocycles. The van der Waals surface area contributed by atoms with Crippen molar-refractivity contribution >= 4 is 18.3 Å². The van der Waals surface area contributed by atoms with Crippen molar-refractivity contribution in [3.63, 3.8) is 0 Å². The van der Waals surface area contributed by atoms with Crippen molar-refractivity contribution in [2.75, 3.05) is 33.2 Å². The van der Waals surface area contributed by atoms with Gasteiger partial charge < -0.3 is 14.5 Å².